The summed E-state index contributed by atoms with van der Waals surface area (Å²) in [6.07, 6.45) is 1.33. The van der Waals surface area contributed by atoms with E-state index >= 15 is 0 Å². The van der Waals surface area contributed by atoms with Crippen LogP contribution in [0.5, 0.6) is 0 Å². The summed E-state index contributed by atoms with van der Waals surface area (Å²) in [6, 6.07) is 9.56. The molecule has 9 heteroatoms. The number of anilines is 1. The van der Waals surface area contributed by atoms with E-state index in [9.17, 15) is 8.60 Å². The maximum absolute atomic E-state index is 13.5. The minimum absolute atomic E-state index is 0.203. The van der Waals surface area contributed by atoms with E-state index in [-0.39, 0.29) is 10.7 Å². The number of imidazole rings is 1. The van der Waals surface area contributed by atoms with Gasteiger partial charge in [-0.15, -0.1) is 0 Å². The number of hydrogen-bond acceptors (Lipinski definition) is 5. The topological polar surface area (TPSA) is 94.5 Å². The predicted molar refractivity (Wildman–Crippen MR) is 104 cm³/mol. The van der Waals surface area contributed by atoms with E-state index in [0.717, 1.165) is 5.56 Å². The number of rotatable bonds is 5. The summed E-state index contributed by atoms with van der Waals surface area (Å²) in [5.41, 5.74) is 1.62. The fourth-order valence-corrected chi connectivity index (χ4v) is 3.86. The van der Waals surface area contributed by atoms with Gasteiger partial charge in [-0.05, 0) is 43.7 Å². The quantitative estimate of drug-likeness (QED) is 0.582. The Balaban J connectivity index is 2.09. The molecule has 0 radical (unpaired) electrons. The van der Waals surface area contributed by atoms with Crippen LogP contribution in [-0.4, -0.2) is 25.4 Å². The van der Waals surface area contributed by atoms with E-state index in [1.165, 1.54) is 18.4 Å². The number of aryl methyl sites for hydroxylation is 2. The number of nitrogens with zero attached hydrogens (tertiary/aromatic N) is 2. The molecule has 0 aliphatic carbocycles. The van der Waals surface area contributed by atoms with Gasteiger partial charge in [0.2, 0.25) is 0 Å². The molecule has 2 atom stereocenters. The number of aromatic amines is 1. The first-order chi connectivity index (χ1) is 12.6. The van der Waals surface area contributed by atoms with E-state index in [0.29, 0.717) is 22.4 Å². The second-order valence-corrected chi connectivity index (χ2v) is 8.80. The average molecular weight is 408 g/mol. The first-order valence-electron chi connectivity index (χ1n) is 8.10. The Labute approximate surface area is 162 Å². The molecule has 0 spiro atoms. The highest BCUT2D eigenvalue weighted by Crippen LogP contribution is 2.28. The molecule has 0 saturated carbocycles. The number of aromatic nitrogens is 3. The van der Waals surface area contributed by atoms with E-state index in [1.807, 2.05) is 6.07 Å². The highest BCUT2D eigenvalue weighted by atomic mass is 35.5. The number of halogens is 2. The molecular formula is C18H19ClFN5OS. The van der Waals surface area contributed by atoms with Gasteiger partial charge in [-0.3, -0.25) is 0 Å². The van der Waals surface area contributed by atoms with Crippen molar-refractivity contribution in [3.8, 4) is 0 Å². The van der Waals surface area contributed by atoms with Gasteiger partial charge in [0.15, 0.2) is 5.03 Å². The van der Waals surface area contributed by atoms with Gasteiger partial charge in [0, 0.05) is 17.0 Å². The molecule has 3 rings (SSSR count). The van der Waals surface area contributed by atoms with Gasteiger partial charge in [0.25, 0.3) is 0 Å². The molecule has 0 saturated heterocycles. The molecule has 1 aromatic carbocycles. The summed E-state index contributed by atoms with van der Waals surface area (Å²) in [5.74, 6) is 0.531. The molecule has 6 nitrogen and oxygen atoms in total. The van der Waals surface area contributed by atoms with E-state index < -0.39 is 21.6 Å². The first kappa shape index (κ1) is 19.3. The number of benzene rings is 1. The second kappa shape index (κ2) is 7.28. The summed E-state index contributed by atoms with van der Waals surface area (Å²) in [4.78, 5) is 11.7. The molecule has 142 valence electrons. The Morgan fingerprint density at radius 3 is 2.59 bits per heavy atom. The molecule has 3 aromatic rings. The lowest BCUT2D eigenvalue weighted by Crippen LogP contribution is -2.15. The van der Waals surface area contributed by atoms with Crippen LogP contribution in [0.4, 0.5) is 10.2 Å². The van der Waals surface area contributed by atoms with Crippen LogP contribution in [0.3, 0.4) is 0 Å². The van der Waals surface area contributed by atoms with Crippen molar-refractivity contribution >= 4 is 27.1 Å². The molecule has 0 bridgehead atoms. The fraction of sp³-hybridized carbons (Fsp3) is 0.222. The lowest BCUT2D eigenvalue weighted by Gasteiger charge is -2.18. The molecule has 0 fully saturated rings. The van der Waals surface area contributed by atoms with Gasteiger partial charge >= 0.3 is 0 Å². The number of pyridine rings is 1. The zero-order chi connectivity index (χ0) is 19.8. The van der Waals surface area contributed by atoms with E-state index in [4.69, 9.17) is 16.4 Å². The summed E-state index contributed by atoms with van der Waals surface area (Å²) < 4.78 is 33.5. The average Bonchev–Trinajstić information content (AvgIpc) is 2.97. The third-order valence-corrected chi connectivity index (χ3v) is 5.37. The summed E-state index contributed by atoms with van der Waals surface area (Å²) in [7, 11) is -2.98. The zero-order valence-electron chi connectivity index (χ0n) is 15.0. The summed E-state index contributed by atoms with van der Waals surface area (Å²) in [5, 5.41) is 3.97. The lowest BCUT2D eigenvalue weighted by atomic mass is 10.1. The van der Waals surface area contributed by atoms with Gasteiger partial charge < -0.3 is 10.3 Å². The highest BCUT2D eigenvalue weighted by molar-refractivity contribution is 7.91. The molecule has 0 aliphatic rings. The van der Waals surface area contributed by atoms with Crippen LogP contribution >= 0.6 is 11.6 Å². The Bertz CT molecular complexity index is 1100. The van der Waals surface area contributed by atoms with Gasteiger partial charge in [-0.2, -0.15) is 0 Å². The molecule has 2 heterocycles. The Morgan fingerprint density at radius 1 is 1.26 bits per heavy atom. The number of hydrogen-bond donors (Lipinski definition) is 3. The van der Waals surface area contributed by atoms with Crippen LogP contribution in [0, 0.1) is 24.4 Å². The first-order valence-corrected chi connectivity index (χ1v) is 10.4. The summed E-state index contributed by atoms with van der Waals surface area (Å²) >= 11 is 6.13. The molecule has 27 heavy (non-hydrogen) atoms. The van der Waals surface area contributed by atoms with Crippen molar-refractivity contribution in [2.24, 2.45) is 0 Å². The predicted octanol–water partition coefficient (Wildman–Crippen LogP) is 4.45. The van der Waals surface area contributed by atoms with Crippen molar-refractivity contribution in [3.63, 3.8) is 0 Å². The summed E-state index contributed by atoms with van der Waals surface area (Å²) in [6.45, 7) is 3.30. The van der Waals surface area contributed by atoms with Gasteiger partial charge in [0.05, 0.1) is 15.4 Å². The van der Waals surface area contributed by atoms with Crippen LogP contribution in [0.15, 0.2) is 41.4 Å². The fourth-order valence-electron chi connectivity index (χ4n) is 2.75. The number of nitrogens with one attached hydrogen (secondary N) is 3. The van der Waals surface area contributed by atoms with Crippen LogP contribution in [0.25, 0.3) is 0 Å². The SMILES string of the molecule is Cc1nc(NC(c2cccc(Cl)c2)c2nc([S@@](C)(=N)=O)c(C)[nH]2)ccc1F. The van der Waals surface area contributed by atoms with Gasteiger partial charge in [0.1, 0.15) is 23.5 Å². The van der Waals surface area contributed by atoms with Crippen LogP contribution in [-0.2, 0) is 9.73 Å². The van der Waals surface area contributed by atoms with E-state index in [2.05, 4.69) is 20.3 Å². The van der Waals surface area contributed by atoms with Crippen LogP contribution in [0.1, 0.15) is 28.8 Å². The van der Waals surface area contributed by atoms with Crippen molar-refractivity contribution in [2.75, 3.05) is 11.6 Å². The van der Waals surface area contributed by atoms with Gasteiger partial charge in [-0.1, -0.05) is 23.7 Å². The molecule has 3 N–H and O–H groups in total. The third kappa shape index (κ3) is 4.28. The molecule has 1 unspecified atom stereocenters. The van der Waals surface area contributed by atoms with Crippen molar-refractivity contribution in [3.05, 3.63) is 70.0 Å². The number of H-pyrrole nitrogens is 1. The maximum atomic E-state index is 13.5. The lowest BCUT2D eigenvalue weighted by molar-refractivity contribution is 0.610. The Kier molecular flexibility index (Phi) is 5.21. The maximum Gasteiger partial charge on any atom is 0.156 e. The Morgan fingerprint density at radius 2 is 2.00 bits per heavy atom. The molecular weight excluding hydrogens is 389 g/mol. The smallest absolute Gasteiger partial charge is 0.156 e. The molecule has 2 aromatic heterocycles. The zero-order valence-corrected chi connectivity index (χ0v) is 16.6. The second-order valence-electron chi connectivity index (χ2n) is 6.29. The van der Waals surface area contributed by atoms with Crippen molar-refractivity contribution in [2.45, 2.75) is 24.9 Å². The monoisotopic (exact) mass is 407 g/mol. The largest absolute Gasteiger partial charge is 0.356 e. The normalized spacial score (nSPS) is 14.6. The van der Waals surface area contributed by atoms with Gasteiger partial charge in [-0.25, -0.2) is 23.3 Å². The van der Waals surface area contributed by atoms with E-state index in [1.54, 1.807) is 32.0 Å². The van der Waals surface area contributed by atoms with Crippen molar-refractivity contribution in [1.82, 2.24) is 15.0 Å². The van der Waals surface area contributed by atoms with Crippen molar-refractivity contribution in [1.29, 1.82) is 4.78 Å². The minimum atomic E-state index is -2.98. The molecule has 0 amide bonds. The standard InChI is InChI=1S/C18H19ClFN5OS/c1-10-14(20)7-8-15(22-10)24-16(12-5-4-6-13(19)9-12)17-23-11(2)18(25-17)27(3,21)26/h4-9,16,21H,1-3H3,(H,22,24)(H,23,25)/t16?,27-/m0/s1. The highest BCUT2D eigenvalue weighted by Gasteiger charge is 2.22. The van der Waals surface area contributed by atoms with Crippen LogP contribution in [0.2, 0.25) is 5.02 Å². The molecule has 0 aliphatic heterocycles. The van der Waals surface area contributed by atoms with Crippen molar-refractivity contribution < 1.29 is 8.60 Å². The Hall–Kier alpha value is -2.45. The third-order valence-electron chi connectivity index (χ3n) is 4.00. The minimum Gasteiger partial charge on any atom is -0.356 e. The van der Waals surface area contributed by atoms with Crippen LogP contribution < -0.4 is 5.32 Å².